The van der Waals surface area contributed by atoms with Gasteiger partial charge in [0.1, 0.15) is 6.04 Å². The molecule has 1 N–H and O–H groups in total. The fourth-order valence-corrected chi connectivity index (χ4v) is 6.19. The van der Waals surface area contributed by atoms with Gasteiger partial charge in [0.15, 0.2) is 0 Å². The van der Waals surface area contributed by atoms with Crippen LogP contribution in [0.2, 0.25) is 5.02 Å². The average molecular weight is 555 g/mol. The summed E-state index contributed by atoms with van der Waals surface area (Å²) in [5.41, 5.74) is 5.32. The van der Waals surface area contributed by atoms with Crippen LogP contribution in [0.1, 0.15) is 35.2 Å². The third kappa shape index (κ3) is 4.75. The van der Waals surface area contributed by atoms with Crippen LogP contribution in [-0.2, 0) is 29.0 Å². The maximum absolute atomic E-state index is 14.3. The van der Waals surface area contributed by atoms with Gasteiger partial charge in [0.25, 0.3) is 5.91 Å². The molecule has 8 heteroatoms. The van der Waals surface area contributed by atoms with Crippen LogP contribution in [0.5, 0.6) is 0 Å². The van der Waals surface area contributed by atoms with Crippen molar-refractivity contribution in [3.05, 3.63) is 117 Å². The highest BCUT2D eigenvalue weighted by Gasteiger charge is 2.47. The van der Waals surface area contributed by atoms with Crippen LogP contribution in [0.3, 0.4) is 0 Å². The van der Waals surface area contributed by atoms with Crippen molar-refractivity contribution in [2.45, 2.75) is 38.4 Å². The van der Waals surface area contributed by atoms with Gasteiger partial charge in [-0.1, -0.05) is 78.3 Å². The lowest BCUT2D eigenvalue weighted by Crippen LogP contribution is -2.52. The molecule has 0 aliphatic carbocycles. The lowest BCUT2D eigenvalue weighted by molar-refractivity contribution is -0.143. The van der Waals surface area contributed by atoms with Gasteiger partial charge >= 0.3 is 6.03 Å². The summed E-state index contributed by atoms with van der Waals surface area (Å²) in [5, 5.41) is 3.59. The molecule has 0 radical (unpaired) electrons. The molecule has 3 aromatic rings. The Morgan fingerprint density at radius 2 is 1.65 bits per heavy atom. The highest BCUT2D eigenvalue weighted by Crippen LogP contribution is 2.38. The summed E-state index contributed by atoms with van der Waals surface area (Å²) in [6, 6.07) is 23.6. The van der Waals surface area contributed by atoms with E-state index < -0.39 is 12.1 Å². The fraction of sp³-hybridized carbons (Fsp3) is 0.281. The Kier molecular flexibility index (Phi) is 7.07. The molecule has 3 aliphatic rings. The van der Waals surface area contributed by atoms with E-state index in [1.54, 1.807) is 21.9 Å². The molecule has 0 saturated carbocycles. The molecule has 0 unspecified atom stereocenters. The predicted molar refractivity (Wildman–Crippen MR) is 153 cm³/mol. The van der Waals surface area contributed by atoms with Crippen molar-refractivity contribution >= 4 is 29.4 Å². The lowest BCUT2D eigenvalue weighted by Gasteiger charge is -2.35. The summed E-state index contributed by atoms with van der Waals surface area (Å²) in [4.78, 5) is 46.8. The van der Waals surface area contributed by atoms with Gasteiger partial charge in [-0.25, -0.2) is 4.79 Å². The smallest absolute Gasteiger partial charge is 0.322 e. The Labute approximate surface area is 239 Å². The van der Waals surface area contributed by atoms with Crippen molar-refractivity contribution < 1.29 is 14.4 Å². The van der Waals surface area contributed by atoms with Crippen LogP contribution in [0.4, 0.5) is 4.79 Å². The number of fused-ring (bicyclic) bond motifs is 1. The normalized spacial score (nSPS) is 19.4. The highest BCUT2D eigenvalue weighted by atomic mass is 35.5. The quantitative estimate of drug-likeness (QED) is 0.479. The predicted octanol–water partition coefficient (Wildman–Crippen LogP) is 4.72. The fourth-order valence-electron chi connectivity index (χ4n) is 6.07. The van der Waals surface area contributed by atoms with Gasteiger partial charge < -0.3 is 15.1 Å². The first kappa shape index (κ1) is 26.1. The Balaban J connectivity index is 1.36. The molecule has 40 heavy (non-hydrogen) atoms. The van der Waals surface area contributed by atoms with Gasteiger partial charge in [0, 0.05) is 31.1 Å². The van der Waals surface area contributed by atoms with Crippen molar-refractivity contribution in [2.75, 3.05) is 19.6 Å². The minimum atomic E-state index is -0.703. The van der Waals surface area contributed by atoms with Crippen molar-refractivity contribution in [1.82, 2.24) is 20.0 Å². The number of rotatable bonds is 6. The topological polar surface area (TPSA) is 73.0 Å². The van der Waals surface area contributed by atoms with E-state index in [0.29, 0.717) is 42.3 Å². The number of hydrogen-bond donors (Lipinski definition) is 1. The number of carbonyl (C=O) groups is 3. The first-order valence-electron chi connectivity index (χ1n) is 13.7. The minimum absolute atomic E-state index is 0.0723. The number of urea groups is 1. The number of nitrogens with zero attached hydrogens (tertiary/aromatic N) is 3. The largest absolute Gasteiger partial charge is 0.336 e. The Morgan fingerprint density at radius 3 is 2.38 bits per heavy atom. The number of likely N-dealkylation sites (N-methyl/N-ethyl adjacent to an activating group) is 1. The number of hydrogen-bond acceptors (Lipinski definition) is 3. The maximum atomic E-state index is 14.3. The zero-order chi connectivity index (χ0) is 27.8. The van der Waals surface area contributed by atoms with Crippen molar-refractivity contribution in [3.8, 4) is 0 Å². The summed E-state index contributed by atoms with van der Waals surface area (Å²) in [5.74, 6) is -0.294. The van der Waals surface area contributed by atoms with E-state index in [9.17, 15) is 14.4 Å². The molecule has 0 saturated heterocycles. The third-order valence-electron chi connectivity index (χ3n) is 8.14. The molecule has 3 aromatic carbocycles. The Morgan fingerprint density at radius 1 is 0.950 bits per heavy atom. The number of amides is 4. The standard InChI is InChI=1S/C32H31ClN4O3/c1-2-36-27-20-37(31(39)28(27)29(34-32(36)40)23-12-14-25(33)15-13-23)26(18-21-8-4-3-5-9-21)30(38)35-17-16-22-10-6-7-11-24(22)19-35/h3-15,26,29H,2,16-20H2,1H3,(H,34,40)/t26-,29+/m0/s1. The minimum Gasteiger partial charge on any atom is -0.336 e. The molecule has 3 heterocycles. The van der Waals surface area contributed by atoms with Crippen LogP contribution >= 0.6 is 11.6 Å². The number of benzene rings is 3. The zero-order valence-electron chi connectivity index (χ0n) is 22.3. The molecule has 7 nitrogen and oxygen atoms in total. The van der Waals surface area contributed by atoms with Gasteiger partial charge in [-0.3, -0.25) is 14.5 Å². The lowest BCUT2D eigenvalue weighted by atomic mass is 9.95. The molecule has 0 bridgehead atoms. The van der Waals surface area contributed by atoms with Crippen LogP contribution in [0.15, 0.2) is 90.1 Å². The van der Waals surface area contributed by atoms with E-state index in [4.69, 9.17) is 11.6 Å². The van der Waals surface area contributed by atoms with Gasteiger partial charge in [-0.15, -0.1) is 0 Å². The Hall–Kier alpha value is -4.10. The summed E-state index contributed by atoms with van der Waals surface area (Å²) >= 11 is 6.12. The molecular weight excluding hydrogens is 524 g/mol. The van der Waals surface area contributed by atoms with Gasteiger partial charge in [-0.2, -0.15) is 0 Å². The van der Waals surface area contributed by atoms with E-state index in [1.165, 1.54) is 5.56 Å². The van der Waals surface area contributed by atoms with Crippen molar-refractivity contribution in [3.63, 3.8) is 0 Å². The van der Waals surface area contributed by atoms with E-state index in [0.717, 1.165) is 23.1 Å². The monoisotopic (exact) mass is 554 g/mol. The third-order valence-corrected chi connectivity index (χ3v) is 8.40. The molecule has 0 spiro atoms. The number of nitrogens with one attached hydrogen (secondary N) is 1. The van der Waals surface area contributed by atoms with E-state index in [2.05, 4.69) is 17.4 Å². The molecule has 0 aromatic heterocycles. The second-order valence-corrected chi connectivity index (χ2v) is 10.9. The van der Waals surface area contributed by atoms with Gasteiger partial charge in [0.2, 0.25) is 5.91 Å². The Bertz CT molecular complexity index is 1490. The average Bonchev–Trinajstić information content (AvgIpc) is 3.32. The highest BCUT2D eigenvalue weighted by molar-refractivity contribution is 6.30. The van der Waals surface area contributed by atoms with E-state index >= 15 is 0 Å². The van der Waals surface area contributed by atoms with Gasteiger partial charge in [-0.05, 0) is 47.7 Å². The number of carbonyl (C=O) groups excluding carboxylic acids is 3. The van der Waals surface area contributed by atoms with Gasteiger partial charge in [0.05, 0.1) is 23.9 Å². The van der Waals surface area contributed by atoms with Crippen LogP contribution in [0, 0.1) is 0 Å². The maximum Gasteiger partial charge on any atom is 0.322 e. The second kappa shape index (κ2) is 10.8. The van der Waals surface area contributed by atoms with E-state index in [-0.39, 0.29) is 24.4 Å². The summed E-state index contributed by atoms with van der Waals surface area (Å²) in [6.45, 7) is 3.62. The molecule has 0 fully saturated rings. The molecule has 204 valence electrons. The second-order valence-electron chi connectivity index (χ2n) is 10.5. The molecule has 2 atom stereocenters. The molecular formula is C32H31ClN4O3. The number of halogens is 1. The van der Waals surface area contributed by atoms with Crippen LogP contribution in [-0.4, -0.2) is 58.2 Å². The van der Waals surface area contributed by atoms with Crippen LogP contribution < -0.4 is 5.32 Å². The van der Waals surface area contributed by atoms with Crippen molar-refractivity contribution in [1.29, 1.82) is 0 Å². The molecule has 4 amide bonds. The SMILES string of the molecule is CCN1C(=O)N[C@H](c2ccc(Cl)cc2)C2=C1CN([C@@H](Cc1ccccc1)C(=O)N1CCc3ccccc3C1)C2=O. The molecule has 3 aliphatic heterocycles. The summed E-state index contributed by atoms with van der Waals surface area (Å²) < 4.78 is 0. The van der Waals surface area contributed by atoms with Crippen molar-refractivity contribution in [2.24, 2.45) is 0 Å². The summed E-state index contributed by atoms with van der Waals surface area (Å²) in [6.07, 6.45) is 1.17. The summed E-state index contributed by atoms with van der Waals surface area (Å²) in [7, 11) is 0. The van der Waals surface area contributed by atoms with E-state index in [1.807, 2.05) is 66.4 Å². The zero-order valence-corrected chi connectivity index (χ0v) is 23.1. The van der Waals surface area contributed by atoms with Crippen LogP contribution in [0.25, 0.3) is 0 Å². The molecule has 6 rings (SSSR count). The first-order valence-corrected chi connectivity index (χ1v) is 14.1. The first-order chi connectivity index (χ1) is 19.4.